The van der Waals surface area contributed by atoms with E-state index in [0.717, 1.165) is 6.42 Å². The van der Waals surface area contributed by atoms with Crippen LogP contribution in [-0.4, -0.2) is 31.8 Å². The summed E-state index contributed by atoms with van der Waals surface area (Å²) in [6.07, 6.45) is 6.34. The fourth-order valence-corrected chi connectivity index (χ4v) is 4.10. The highest BCUT2D eigenvalue weighted by molar-refractivity contribution is 5.28. The lowest BCUT2D eigenvalue weighted by atomic mass is 9.92. The molecule has 0 N–H and O–H groups in total. The zero-order chi connectivity index (χ0) is 20.9. The Hall–Kier alpha value is -1.37. The van der Waals surface area contributed by atoms with Gasteiger partial charge >= 0.3 is 0 Å². The Morgan fingerprint density at radius 1 is 1.10 bits per heavy atom. The first-order valence-corrected chi connectivity index (χ1v) is 10.6. The molecule has 2 heterocycles. The van der Waals surface area contributed by atoms with Crippen molar-refractivity contribution in [1.29, 1.82) is 0 Å². The molecule has 0 amide bonds. The molecule has 1 aromatic rings. The monoisotopic (exact) mass is 412 g/mol. The Bertz CT molecular complexity index is 691. The van der Waals surface area contributed by atoms with Crippen LogP contribution in [0.2, 0.25) is 0 Å². The lowest BCUT2D eigenvalue weighted by Gasteiger charge is -2.39. The summed E-state index contributed by atoms with van der Waals surface area (Å²) in [6, 6.07) is 3.28. The first-order valence-electron chi connectivity index (χ1n) is 10.6. The SMILES string of the molecule is C/C=C/CCc1ccc(C2CCC(C3OCC(F)(CCC)CO3)CO2)c(F)c1F. The second-order valence-electron chi connectivity index (χ2n) is 8.10. The molecular weight excluding hydrogens is 381 g/mol. The third kappa shape index (κ3) is 5.41. The summed E-state index contributed by atoms with van der Waals surface area (Å²) in [6.45, 7) is 4.20. The molecule has 29 heavy (non-hydrogen) atoms. The highest BCUT2D eigenvalue weighted by Crippen LogP contribution is 2.37. The normalized spacial score (nSPS) is 30.7. The van der Waals surface area contributed by atoms with Crippen LogP contribution < -0.4 is 0 Å². The predicted molar refractivity (Wildman–Crippen MR) is 105 cm³/mol. The molecule has 2 unspecified atom stereocenters. The second-order valence-corrected chi connectivity index (χ2v) is 8.10. The second kappa shape index (κ2) is 10.1. The molecule has 2 aliphatic heterocycles. The van der Waals surface area contributed by atoms with Gasteiger partial charge in [0.25, 0.3) is 0 Å². The van der Waals surface area contributed by atoms with Crippen molar-refractivity contribution in [3.63, 3.8) is 0 Å². The van der Waals surface area contributed by atoms with Crippen molar-refractivity contribution >= 4 is 0 Å². The maximum Gasteiger partial charge on any atom is 0.164 e. The lowest BCUT2D eigenvalue weighted by molar-refractivity contribution is -0.266. The minimum Gasteiger partial charge on any atom is -0.373 e. The first-order chi connectivity index (χ1) is 14.0. The van der Waals surface area contributed by atoms with E-state index in [4.69, 9.17) is 14.2 Å². The third-order valence-electron chi connectivity index (χ3n) is 5.76. The van der Waals surface area contributed by atoms with Crippen molar-refractivity contribution in [1.82, 2.24) is 0 Å². The minimum absolute atomic E-state index is 0.0277. The minimum atomic E-state index is -1.42. The van der Waals surface area contributed by atoms with E-state index < -0.39 is 29.7 Å². The number of halogens is 3. The summed E-state index contributed by atoms with van der Waals surface area (Å²) in [5.74, 6) is -1.64. The zero-order valence-corrected chi connectivity index (χ0v) is 17.3. The van der Waals surface area contributed by atoms with Crippen molar-refractivity contribution < 1.29 is 27.4 Å². The van der Waals surface area contributed by atoms with Gasteiger partial charge in [-0.05, 0) is 44.6 Å². The lowest BCUT2D eigenvalue weighted by Crippen LogP contribution is -2.47. The van der Waals surface area contributed by atoms with Gasteiger partial charge in [0.05, 0.1) is 25.9 Å². The molecule has 2 saturated heterocycles. The molecule has 3 nitrogen and oxygen atoms in total. The van der Waals surface area contributed by atoms with Gasteiger partial charge in [-0.1, -0.05) is 37.6 Å². The maximum atomic E-state index is 14.6. The molecule has 162 valence electrons. The van der Waals surface area contributed by atoms with Crippen LogP contribution in [-0.2, 0) is 20.6 Å². The highest BCUT2D eigenvalue weighted by Gasteiger charge is 2.40. The van der Waals surface area contributed by atoms with E-state index in [1.54, 1.807) is 12.1 Å². The molecule has 2 atom stereocenters. The van der Waals surface area contributed by atoms with Crippen LogP contribution in [0.5, 0.6) is 0 Å². The van der Waals surface area contributed by atoms with Gasteiger partial charge in [-0.3, -0.25) is 0 Å². The van der Waals surface area contributed by atoms with E-state index in [-0.39, 0.29) is 24.7 Å². The molecule has 0 saturated carbocycles. The summed E-state index contributed by atoms with van der Waals surface area (Å²) >= 11 is 0. The smallest absolute Gasteiger partial charge is 0.164 e. The molecule has 2 fully saturated rings. The molecule has 0 spiro atoms. The topological polar surface area (TPSA) is 27.7 Å². The van der Waals surface area contributed by atoms with Crippen molar-refractivity contribution in [2.24, 2.45) is 5.92 Å². The van der Waals surface area contributed by atoms with E-state index >= 15 is 0 Å². The summed E-state index contributed by atoms with van der Waals surface area (Å²) in [5.41, 5.74) is -0.783. The molecule has 2 aliphatic rings. The van der Waals surface area contributed by atoms with Crippen LogP contribution in [0.4, 0.5) is 13.2 Å². The number of allylic oxidation sites excluding steroid dienone is 2. The quantitative estimate of drug-likeness (QED) is 0.528. The fourth-order valence-electron chi connectivity index (χ4n) is 4.10. The Labute approximate surface area is 171 Å². The number of alkyl halides is 1. The third-order valence-corrected chi connectivity index (χ3v) is 5.76. The van der Waals surface area contributed by atoms with E-state index in [0.29, 0.717) is 44.3 Å². The molecule has 6 heteroatoms. The van der Waals surface area contributed by atoms with Crippen LogP contribution in [0.1, 0.15) is 63.2 Å². The predicted octanol–water partition coefficient (Wildman–Crippen LogP) is 5.82. The van der Waals surface area contributed by atoms with E-state index in [9.17, 15) is 13.2 Å². The molecule has 0 aliphatic carbocycles. The van der Waals surface area contributed by atoms with Crippen molar-refractivity contribution in [2.45, 2.75) is 70.4 Å². The molecule has 0 radical (unpaired) electrons. The van der Waals surface area contributed by atoms with Crippen LogP contribution in [0, 0.1) is 17.6 Å². The Morgan fingerprint density at radius 2 is 1.86 bits per heavy atom. The van der Waals surface area contributed by atoms with Gasteiger partial charge in [0, 0.05) is 11.5 Å². The number of rotatable bonds is 7. The van der Waals surface area contributed by atoms with E-state index in [1.807, 2.05) is 26.0 Å². The zero-order valence-electron chi connectivity index (χ0n) is 17.3. The maximum absolute atomic E-state index is 14.6. The van der Waals surface area contributed by atoms with Crippen LogP contribution in [0.3, 0.4) is 0 Å². The number of hydrogen-bond donors (Lipinski definition) is 0. The van der Waals surface area contributed by atoms with Gasteiger partial charge < -0.3 is 14.2 Å². The number of hydrogen-bond acceptors (Lipinski definition) is 3. The van der Waals surface area contributed by atoms with Crippen LogP contribution in [0.15, 0.2) is 24.3 Å². The number of ether oxygens (including phenoxy) is 3. The highest BCUT2D eigenvalue weighted by atomic mass is 19.2. The van der Waals surface area contributed by atoms with Crippen molar-refractivity contribution in [3.05, 3.63) is 47.0 Å². The van der Waals surface area contributed by atoms with Crippen molar-refractivity contribution in [2.75, 3.05) is 19.8 Å². The van der Waals surface area contributed by atoms with Crippen LogP contribution >= 0.6 is 0 Å². The molecule has 3 rings (SSSR count). The first kappa shape index (κ1) is 22.3. The summed E-state index contributed by atoms with van der Waals surface area (Å²) in [4.78, 5) is 0. The largest absolute Gasteiger partial charge is 0.373 e. The standard InChI is InChI=1S/C23H31F3O3/c1-3-5-6-7-16-8-10-18(21(25)20(16)24)19-11-9-17(13-27-19)22-28-14-23(26,12-4-2)15-29-22/h3,5,8,10,17,19,22H,4,6-7,9,11-15H2,1-2H3/b5-3+. The van der Waals surface area contributed by atoms with Gasteiger partial charge in [0.1, 0.15) is 0 Å². The van der Waals surface area contributed by atoms with Gasteiger partial charge in [-0.15, -0.1) is 0 Å². The van der Waals surface area contributed by atoms with Gasteiger partial charge in [0.2, 0.25) is 0 Å². The average Bonchev–Trinajstić information content (AvgIpc) is 2.72. The summed E-state index contributed by atoms with van der Waals surface area (Å²) < 4.78 is 60.5. The Kier molecular flexibility index (Phi) is 7.77. The van der Waals surface area contributed by atoms with Crippen LogP contribution in [0.25, 0.3) is 0 Å². The average molecular weight is 412 g/mol. The van der Waals surface area contributed by atoms with E-state index in [2.05, 4.69) is 0 Å². The van der Waals surface area contributed by atoms with Crippen molar-refractivity contribution in [3.8, 4) is 0 Å². The summed E-state index contributed by atoms with van der Waals surface area (Å²) in [7, 11) is 0. The fraction of sp³-hybridized carbons (Fsp3) is 0.652. The van der Waals surface area contributed by atoms with Gasteiger partial charge in [-0.25, -0.2) is 13.2 Å². The number of benzene rings is 1. The number of aryl methyl sites for hydroxylation is 1. The van der Waals surface area contributed by atoms with Gasteiger partial charge in [-0.2, -0.15) is 0 Å². The Balaban J connectivity index is 1.55. The molecule has 0 aromatic heterocycles. The summed E-state index contributed by atoms with van der Waals surface area (Å²) in [5, 5.41) is 0. The molecule has 0 bridgehead atoms. The Morgan fingerprint density at radius 3 is 2.48 bits per heavy atom. The molecule has 1 aromatic carbocycles. The molecular formula is C23H31F3O3. The van der Waals surface area contributed by atoms with Gasteiger partial charge in [0.15, 0.2) is 23.6 Å². The van der Waals surface area contributed by atoms with E-state index in [1.165, 1.54) is 0 Å².